The molecule has 1 heteroatoms. The van der Waals surface area contributed by atoms with Gasteiger partial charge in [0, 0.05) is 12.1 Å². The molecule has 1 spiro atoms. The highest BCUT2D eigenvalue weighted by Gasteiger charge is 2.52. The fourth-order valence-corrected chi connectivity index (χ4v) is 2.47. The molecule has 1 saturated heterocycles. The minimum absolute atomic E-state index is 0.631. The summed E-state index contributed by atoms with van der Waals surface area (Å²) in [5.41, 5.74) is 1.29. The van der Waals surface area contributed by atoms with Crippen molar-refractivity contribution in [3.63, 3.8) is 0 Å². The van der Waals surface area contributed by atoms with E-state index in [0.717, 1.165) is 0 Å². The van der Waals surface area contributed by atoms with Gasteiger partial charge in [-0.25, -0.2) is 0 Å². The second-order valence-corrected chi connectivity index (χ2v) is 4.52. The van der Waals surface area contributed by atoms with Gasteiger partial charge in [-0.05, 0) is 37.5 Å². The standard InChI is InChI=1S/C10H19N/c1-3-9(4-2)7-10(5-6-10)11-8-9/h11H,3-8H2,1-2H3. The number of rotatable bonds is 2. The topological polar surface area (TPSA) is 12.0 Å². The van der Waals surface area contributed by atoms with Gasteiger partial charge in [0.25, 0.3) is 0 Å². The van der Waals surface area contributed by atoms with Gasteiger partial charge >= 0.3 is 0 Å². The zero-order valence-corrected chi connectivity index (χ0v) is 7.74. The highest BCUT2D eigenvalue weighted by molar-refractivity contribution is 5.11. The Bertz CT molecular complexity index is 154. The molecule has 0 radical (unpaired) electrons. The Morgan fingerprint density at radius 2 is 1.82 bits per heavy atom. The molecule has 0 bridgehead atoms. The molecular formula is C10H19N. The monoisotopic (exact) mass is 153 g/mol. The van der Waals surface area contributed by atoms with Gasteiger partial charge in [0.15, 0.2) is 0 Å². The zero-order chi connectivity index (χ0) is 7.95. The van der Waals surface area contributed by atoms with Crippen molar-refractivity contribution in [1.82, 2.24) is 5.32 Å². The third-order valence-electron chi connectivity index (χ3n) is 3.91. The Morgan fingerprint density at radius 1 is 1.18 bits per heavy atom. The molecule has 1 aliphatic heterocycles. The molecule has 1 nitrogen and oxygen atoms in total. The first-order chi connectivity index (χ1) is 5.24. The van der Waals surface area contributed by atoms with Crippen LogP contribution in [0.25, 0.3) is 0 Å². The molecule has 0 unspecified atom stereocenters. The summed E-state index contributed by atoms with van der Waals surface area (Å²) < 4.78 is 0. The molecule has 0 aromatic heterocycles. The lowest BCUT2D eigenvalue weighted by Gasteiger charge is -2.24. The molecule has 1 aliphatic carbocycles. The average molecular weight is 153 g/mol. The second kappa shape index (κ2) is 2.22. The van der Waals surface area contributed by atoms with E-state index in [-0.39, 0.29) is 0 Å². The van der Waals surface area contributed by atoms with Crippen LogP contribution in [-0.2, 0) is 0 Å². The predicted octanol–water partition coefficient (Wildman–Crippen LogP) is 2.32. The molecule has 1 saturated carbocycles. The van der Waals surface area contributed by atoms with Crippen LogP contribution in [0.15, 0.2) is 0 Å². The van der Waals surface area contributed by atoms with E-state index in [0.29, 0.717) is 11.0 Å². The van der Waals surface area contributed by atoms with E-state index in [1.807, 2.05) is 0 Å². The molecule has 11 heavy (non-hydrogen) atoms. The summed E-state index contributed by atoms with van der Waals surface area (Å²) in [4.78, 5) is 0. The third-order valence-corrected chi connectivity index (χ3v) is 3.91. The van der Waals surface area contributed by atoms with Gasteiger partial charge in [-0.1, -0.05) is 13.8 Å². The Hall–Kier alpha value is -0.0400. The van der Waals surface area contributed by atoms with Gasteiger partial charge in [0.1, 0.15) is 0 Å². The Morgan fingerprint density at radius 3 is 2.09 bits per heavy atom. The van der Waals surface area contributed by atoms with Crippen LogP contribution in [0, 0.1) is 5.41 Å². The maximum Gasteiger partial charge on any atom is 0.0188 e. The maximum absolute atomic E-state index is 3.70. The van der Waals surface area contributed by atoms with E-state index in [1.165, 1.54) is 38.6 Å². The molecule has 2 aliphatic rings. The summed E-state index contributed by atoms with van der Waals surface area (Å²) >= 11 is 0. The van der Waals surface area contributed by atoms with E-state index in [9.17, 15) is 0 Å². The van der Waals surface area contributed by atoms with Crippen molar-refractivity contribution in [2.45, 2.75) is 51.5 Å². The van der Waals surface area contributed by atoms with Gasteiger partial charge in [-0.2, -0.15) is 0 Å². The lowest BCUT2D eigenvalue weighted by Crippen LogP contribution is -2.23. The van der Waals surface area contributed by atoms with Crippen LogP contribution >= 0.6 is 0 Å². The second-order valence-electron chi connectivity index (χ2n) is 4.52. The molecule has 1 heterocycles. The van der Waals surface area contributed by atoms with E-state index < -0.39 is 0 Å². The average Bonchev–Trinajstić information content (AvgIpc) is 2.66. The molecule has 1 N–H and O–H groups in total. The lowest BCUT2D eigenvalue weighted by atomic mass is 9.80. The van der Waals surface area contributed by atoms with Crippen LogP contribution in [0.3, 0.4) is 0 Å². The van der Waals surface area contributed by atoms with E-state index in [1.54, 1.807) is 0 Å². The van der Waals surface area contributed by atoms with Crippen molar-refractivity contribution < 1.29 is 0 Å². The summed E-state index contributed by atoms with van der Waals surface area (Å²) in [6.45, 7) is 5.96. The molecule has 2 fully saturated rings. The van der Waals surface area contributed by atoms with E-state index >= 15 is 0 Å². The predicted molar refractivity (Wildman–Crippen MR) is 47.6 cm³/mol. The van der Waals surface area contributed by atoms with Crippen LogP contribution < -0.4 is 5.32 Å². The van der Waals surface area contributed by atoms with Crippen molar-refractivity contribution in [2.24, 2.45) is 5.41 Å². The van der Waals surface area contributed by atoms with Crippen LogP contribution in [0.2, 0.25) is 0 Å². The van der Waals surface area contributed by atoms with Crippen LogP contribution in [-0.4, -0.2) is 12.1 Å². The minimum Gasteiger partial charge on any atom is -0.311 e. The van der Waals surface area contributed by atoms with Crippen LogP contribution in [0.5, 0.6) is 0 Å². The molecular weight excluding hydrogens is 134 g/mol. The highest BCUT2D eigenvalue weighted by Crippen LogP contribution is 2.52. The number of hydrogen-bond donors (Lipinski definition) is 1. The van der Waals surface area contributed by atoms with Gasteiger partial charge in [-0.15, -0.1) is 0 Å². The van der Waals surface area contributed by atoms with Crippen molar-refractivity contribution in [2.75, 3.05) is 6.54 Å². The highest BCUT2D eigenvalue weighted by atomic mass is 15.1. The van der Waals surface area contributed by atoms with Crippen molar-refractivity contribution in [3.05, 3.63) is 0 Å². The summed E-state index contributed by atoms with van der Waals surface area (Å²) in [6, 6.07) is 0. The van der Waals surface area contributed by atoms with Gasteiger partial charge in [-0.3, -0.25) is 0 Å². The largest absolute Gasteiger partial charge is 0.311 e. The smallest absolute Gasteiger partial charge is 0.0188 e. The van der Waals surface area contributed by atoms with Crippen molar-refractivity contribution in [3.8, 4) is 0 Å². The van der Waals surface area contributed by atoms with Gasteiger partial charge in [0.05, 0.1) is 0 Å². The Balaban J connectivity index is 2.05. The van der Waals surface area contributed by atoms with E-state index in [2.05, 4.69) is 19.2 Å². The summed E-state index contributed by atoms with van der Waals surface area (Å²) in [7, 11) is 0. The Kier molecular flexibility index (Phi) is 1.54. The van der Waals surface area contributed by atoms with Gasteiger partial charge in [0.2, 0.25) is 0 Å². The van der Waals surface area contributed by atoms with Crippen molar-refractivity contribution >= 4 is 0 Å². The Labute approximate surface area is 69.6 Å². The third kappa shape index (κ3) is 1.10. The quantitative estimate of drug-likeness (QED) is 0.642. The first-order valence-electron chi connectivity index (χ1n) is 4.99. The lowest BCUT2D eigenvalue weighted by molar-refractivity contribution is 0.288. The summed E-state index contributed by atoms with van der Waals surface area (Å²) in [5, 5.41) is 3.70. The molecule has 0 aromatic carbocycles. The molecule has 0 atom stereocenters. The molecule has 0 aromatic rings. The summed E-state index contributed by atoms with van der Waals surface area (Å²) in [6.07, 6.45) is 7.05. The number of nitrogens with one attached hydrogen (secondary N) is 1. The van der Waals surface area contributed by atoms with Crippen molar-refractivity contribution in [1.29, 1.82) is 0 Å². The van der Waals surface area contributed by atoms with Crippen LogP contribution in [0.4, 0.5) is 0 Å². The maximum atomic E-state index is 3.70. The molecule has 64 valence electrons. The minimum atomic E-state index is 0.631. The van der Waals surface area contributed by atoms with Gasteiger partial charge < -0.3 is 5.32 Å². The normalized spacial score (nSPS) is 31.1. The fraction of sp³-hybridized carbons (Fsp3) is 1.00. The van der Waals surface area contributed by atoms with Crippen LogP contribution in [0.1, 0.15) is 46.0 Å². The zero-order valence-electron chi connectivity index (χ0n) is 7.74. The number of hydrogen-bond acceptors (Lipinski definition) is 1. The molecule has 2 rings (SSSR count). The first-order valence-corrected chi connectivity index (χ1v) is 4.99. The fourth-order valence-electron chi connectivity index (χ4n) is 2.47. The molecule has 0 amide bonds. The first kappa shape index (κ1) is 7.60. The summed E-state index contributed by atoms with van der Waals surface area (Å²) in [5.74, 6) is 0. The van der Waals surface area contributed by atoms with E-state index in [4.69, 9.17) is 0 Å². The SMILES string of the molecule is CCC1(CC)CNC2(CC2)C1.